The van der Waals surface area contributed by atoms with E-state index in [2.05, 4.69) is 5.32 Å². The number of carbonyl (C=O) groups excluding carboxylic acids is 1. The SMILES string of the molecule is COc1ccc2sc(C(=O)NCCCCCC(=O)O)c(C)c2c1. The van der Waals surface area contributed by atoms with Crippen LogP contribution in [0.4, 0.5) is 0 Å². The predicted molar refractivity (Wildman–Crippen MR) is 91.6 cm³/mol. The fourth-order valence-corrected chi connectivity index (χ4v) is 3.51. The van der Waals surface area contributed by atoms with E-state index in [0.717, 1.165) is 39.1 Å². The van der Waals surface area contributed by atoms with Gasteiger partial charge in [-0.15, -0.1) is 11.3 Å². The normalized spacial score (nSPS) is 10.7. The maximum atomic E-state index is 12.3. The molecular weight excluding hydrogens is 314 g/mol. The number of aliphatic carboxylic acids is 1. The number of benzene rings is 1. The minimum Gasteiger partial charge on any atom is -0.497 e. The number of rotatable bonds is 8. The first-order valence-electron chi connectivity index (χ1n) is 7.60. The Bertz CT molecular complexity index is 708. The largest absolute Gasteiger partial charge is 0.497 e. The zero-order chi connectivity index (χ0) is 16.8. The van der Waals surface area contributed by atoms with Crippen molar-refractivity contribution in [3.8, 4) is 5.75 Å². The molecule has 0 aliphatic heterocycles. The highest BCUT2D eigenvalue weighted by molar-refractivity contribution is 7.21. The molecule has 0 fully saturated rings. The minimum absolute atomic E-state index is 0.0686. The number of methoxy groups -OCH3 is 1. The third-order valence-corrected chi connectivity index (χ3v) is 4.97. The highest BCUT2D eigenvalue weighted by atomic mass is 32.1. The summed E-state index contributed by atoms with van der Waals surface area (Å²) in [7, 11) is 1.63. The van der Waals surface area contributed by atoms with Crippen LogP contribution in [0.25, 0.3) is 10.1 Å². The minimum atomic E-state index is -0.773. The monoisotopic (exact) mass is 335 g/mol. The second kappa shape index (κ2) is 7.97. The molecule has 23 heavy (non-hydrogen) atoms. The Morgan fingerprint density at radius 1 is 1.26 bits per heavy atom. The van der Waals surface area contributed by atoms with Gasteiger partial charge in [-0.3, -0.25) is 9.59 Å². The van der Waals surface area contributed by atoms with E-state index in [4.69, 9.17) is 9.84 Å². The molecule has 1 aromatic carbocycles. The molecule has 2 aromatic rings. The van der Waals surface area contributed by atoms with Crippen LogP contribution in [0.15, 0.2) is 18.2 Å². The zero-order valence-corrected chi connectivity index (χ0v) is 14.2. The lowest BCUT2D eigenvalue weighted by molar-refractivity contribution is -0.137. The lowest BCUT2D eigenvalue weighted by atomic mass is 10.1. The Labute approximate surface area is 139 Å². The van der Waals surface area contributed by atoms with Crippen LogP contribution in [0.3, 0.4) is 0 Å². The van der Waals surface area contributed by atoms with Gasteiger partial charge in [0.25, 0.3) is 5.91 Å². The molecule has 1 heterocycles. The fraction of sp³-hybridized carbons (Fsp3) is 0.412. The molecule has 0 aliphatic carbocycles. The fourth-order valence-electron chi connectivity index (χ4n) is 2.40. The van der Waals surface area contributed by atoms with E-state index in [1.807, 2.05) is 25.1 Å². The Morgan fingerprint density at radius 2 is 2.04 bits per heavy atom. The average Bonchev–Trinajstić information content (AvgIpc) is 2.86. The molecule has 0 aliphatic rings. The van der Waals surface area contributed by atoms with Gasteiger partial charge in [-0.1, -0.05) is 6.42 Å². The summed E-state index contributed by atoms with van der Waals surface area (Å²) in [5.74, 6) is -0.0601. The number of amides is 1. The van der Waals surface area contributed by atoms with Crippen LogP contribution in [0, 0.1) is 6.92 Å². The second-order valence-corrected chi connectivity index (χ2v) is 6.43. The van der Waals surface area contributed by atoms with Gasteiger partial charge >= 0.3 is 5.97 Å². The number of thiophene rings is 1. The lowest BCUT2D eigenvalue weighted by Crippen LogP contribution is -2.24. The molecule has 0 saturated carbocycles. The molecule has 0 spiro atoms. The number of aryl methyl sites for hydroxylation is 1. The third kappa shape index (κ3) is 4.45. The van der Waals surface area contributed by atoms with Crippen molar-refractivity contribution < 1.29 is 19.4 Å². The summed E-state index contributed by atoms with van der Waals surface area (Å²) in [5, 5.41) is 12.5. The van der Waals surface area contributed by atoms with E-state index in [1.165, 1.54) is 11.3 Å². The molecule has 1 aromatic heterocycles. The highest BCUT2D eigenvalue weighted by Crippen LogP contribution is 2.33. The number of carbonyl (C=O) groups is 2. The molecule has 5 nitrogen and oxygen atoms in total. The summed E-state index contributed by atoms with van der Waals surface area (Å²) in [6, 6.07) is 5.81. The summed E-state index contributed by atoms with van der Waals surface area (Å²) in [5.41, 5.74) is 0.965. The molecule has 2 N–H and O–H groups in total. The molecule has 1 amide bonds. The average molecular weight is 335 g/mol. The first-order valence-corrected chi connectivity index (χ1v) is 8.41. The first kappa shape index (κ1) is 17.3. The van der Waals surface area contributed by atoms with E-state index in [0.29, 0.717) is 13.0 Å². The van der Waals surface area contributed by atoms with Crippen LogP contribution in [0.1, 0.15) is 40.9 Å². The summed E-state index contributed by atoms with van der Waals surface area (Å²) >= 11 is 1.48. The summed E-state index contributed by atoms with van der Waals surface area (Å²) in [4.78, 5) is 23.4. The van der Waals surface area contributed by atoms with Gasteiger partial charge in [-0.25, -0.2) is 0 Å². The number of carboxylic acids is 1. The number of carboxylic acid groups (broad SMARTS) is 1. The van der Waals surface area contributed by atoms with Gasteiger partial charge in [-0.2, -0.15) is 0 Å². The van der Waals surface area contributed by atoms with E-state index in [1.54, 1.807) is 7.11 Å². The van der Waals surface area contributed by atoms with Gasteiger partial charge < -0.3 is 15.2 Å². The van der Waals surface area contributed by atoms with E-state index < -0.39 is 5.97 Å². The molecule has 0 saturated heterocycles. The van der Waals surface area contributed by atoms with Crippen LogP contribution in [0.2, 0.25) is 0 Å². The number of ether oxygens (including phenoxy) is 1. The van der Waals surface area contributed by atoms with E-state index in [9.17, 15) is 9.59 Å². The van der Waals surface area contributed by atoms with Crippen molar-refractivity contribution in [3.05, 3.63) is 28.6 Å². The molecular formula is C17H21NO4S. The summed E-state index contributed by atoms with van der Waals surface area (Å²) in [6.45, 7) is 2.51. The van der Waals surface area contributed by atoms with Crippen LogP contribution in [-0.2, 0) is 4.79 Å². The van der Waals surface area contributed by atoms with Gasteiger partial charge in [0.15, 0.2) is 0 Å². The van der Waals surface area contributed by atoms with Crippen LogP contribution in [-0.4, -0.2) is 30.6 Å². The number of hydrogen-bond acceptors (Lipinski definition) is 4. The number of fused-ring (bicyclic) bond motifs is 1. The second-order valence-electron chi connectivity index (χ2n) is 5.38. The van der Waals surface area contributed by atoms with Crippen molar-refractivity contribution in [2.75, 3.05) is 13.7 Å². The number of hydrogen-bond donors (Lipinski definition) is 2. The van der Waals surface area contributed by atoms with Gasteiger partial charge in [0.05, 0.1) is 12.0 Å². The van der Waals surface area contributed by atoms with Gasteiger partial charge in [0, 0.05) is 17.7 Å². The van der Waals surface area contributed by atoms with Crippen molar-refractivity contribution in [1.82, 2.24) is 5.32 Å². The van der Waals surface area contributed by atoms with E-state index >= 15 is 0 Å². The Hall–Kier alpha value is -2.08. The molecule has 0 unspecified atom stereocenters. The van der Waals surface area contributed by atoms with Crippen molar-refractivity contribution in [3.63, 3.8) is 0 Å². The van der Waals surface area contributed by atoms with Crippen molar-refractivity contribution in [2.45, 2.75) is 32.6 Å². The third-order valence-electron chi connectivity index (χ3n) is 3.70. The maximum Gasteiger partial charge on any atom is 0.303 e. The molecule has 6 heteroatoms. The van der Waals surface area contributed by atoms with Gasteiger partial charge in [0.2, 0.25) is 0 Å². The molecule has 2 rings (SSSR count). The predicted octanol–water partition coefficient (Wildman–Crippen LogP) is 3.59. The van der Waals surface area contributed by atoms with Gasteiger partial charge in [0.1, 0.15) is 5.75 Å². The quantitative estimate of drug-likeness (QED) is 0.723. The summed E-state index contributed by atoms with van der Waals surface area (Å²) < 4.78 is 6.29. The lowest BCUT2D eigenvalue weighted by Gasteiger charge is -2.04. The molecule has 0 bridgehead atoms. The highest BCUT2D eigenvalue weighted by Gasteiger charge is 2.15. The van der Waals surface area contributed by atoms with Gasteiger partial charge in [-0.05, 0) is 48.9 Å². The topological polar surface area (TPSA) is 75.6 Å². The first-order chi connectivity index (χ1) is 11.0. The number of nitrogens with one attached hydrogen (secondary N) is 1. The molecule has 0 radical (unpaired) electrons. The van der Waals surface area contributed by atoms with Crippen molar-refractivity contribution >= 4 is 33.3 Å². The number of unbranched alkanes of at least 4 members (excludes halogenated alkanes) is 2. The van der Waals surface area contributed by atoms with Crippen molar-refractivity contribution in [1.29, 1.82) is 0 Å². The molecule has 0 atom stereocenters. The Morgan fingerprint density at radius 3 is 2.74 bits per heavy atom. The maximum absolute atomic E-state index is 12.3. The summed E-state index contributed by atoms with van der Waals surface area (Å²) in [6.07, 6.45) is 2.42. The van der Waals surface area contributed by atoms with Crippen LogP contribution in [0.5, 0.6) is 5.75 Å². The Balaban J connectivity index is 1.93. The zero-order valence-electron chi connectivity index (χ0n) is 13.3. The standard InChI is InChI=1S/C17H21NO4S/c1-11-13-10-12(22-2)7-8-14(13)23-16(11)17(21)18-9-5-3-4-6-15(19)20/h7-8,10H,3-6,9H2,1-2H3,(H,18,21)(H,19,20). The van der Waals surface area contributed by atoms with Crippen molar-refractivity contribution in [2.24, 2.45) is 0 Å². The molecule has 124 valence electrons. The smallest absolute Gasteiger partial charge is 0.303 e. The Kier molecular flexibility index (Phi) is 5.98. The van der Waals surface area contributed by atoms with Crippen LogP contribution < -0.4 is 10.1 Å². The van der Waals surface area contributed by atoms with E-state index in [-0.39, 0.29) is 12.3 Å². The van der Waals surface area contributed by atoms with Crippen LogP contribution >= 0.6 is 11.3 Å².